The molecule has 4 rings (SSSR count). The van der Waals surface area contributed by atoms with E-state index in [4.69, 9.17) is 0 Å². The first kappa shape index (κ1) is 13.6. The molecule has 23 heavy (non-hydrogen) atoms. The summed E-state index contributed by atoms with van der Waals surface area (Å²) in [6.07, 6.45) is 3.66. The Morgan fingerprint density at radius 3 is 2.30 bits per heavy atom. The maximum absolute atomic E-state index is 13.1. The lowest BCUT2D eigenvalue weighted by molar-refractivity contribution is 0.628. The van der Waals surface area contributed by atoms with Gasteiger partial charge in [-0.15, -0.1) is 0 Å². The number of aromatic nitrogens is 1. The Morgan fingerprint density at radius 1 is 0.696 bits per heavy atom. The van der Waals surface area contributed by atoms with Gasteiger partial charge >= 0.3 is 0 Å². The number of hydrogen-bond acceptors (Lipinski definition) is 1. The van der Waals surface area contributed by atoms with Crippen LogP contribution in [0.5, 0.6) is 0 Å². The topological polar surface area (TPSA) is 12.9 Å². The van der Waals surface area contributed by atoms with Crippen molar-refractivity contribution < 1.29 is 4.39 Å². The van der Waals surface area contributed by atoms with E-state index in [1.165, 1.54) is 23.1 Å². The van der Waals surface area contributed by atoms with Gasteiger partial charge in [0, 0.05) is 18.0 Å². The van der Waals surface area contributed by atoms with Gasteiger partial charge in [-0.3, -0.25) is 4.98 Å². The van der Waals surface area contributed by atoms with E-state index in [1.54, 1.807) is 6.20 Å². The molecule has 0 radical (unpaired) electrons. The molecule has 0 amide bonds. The molecule has 0 unspecified atom stereocenters. The molecule has 3 aromatic carbocycles. The van der Waals surface area contributed by atoms with Crippen molar-refractivity contribution in [3.63, 3.8) is 0 Å². The highest BCUT2D eigenvalue weighted by molar-refractivity contribution is 5.98. The predicted octanol–water partition coefficient (Wildman–Crippen LogP) is 5.71. The van der Waals surface area contributed by atoms with Crippen LogP contribution in [0.25, 0.3) is 33.0 Å². The summed E-state index contributed by atoms with van der Waals surface area (Å²) in [6, 6.07) is 23.2. The Hall–Kier alpha value is -3.00. The summed E-state index contributed by atoms with van der Waals surface area (Å²) >= 11 is 0. The quantitative estimate of drug-likeness (QED) is 0.462. The largest absolute Gasteiger partial charge is 0.264 e. The molecule has 4 aromatic rings. The first-order valence-electron chi connectivity index (χ1n) is 7.50. The zero-order valence-electron chi connectivity index (χ0n) is 12.4. The van der Waals surface area contributed by atoms with Crippen LogP contribution in [-0.2, 0) is 0 Å². The average molecular weight is 299 g/mol. The van der Waals surface area contributed by atoms with Gasteiger partial charge in [-0.25, -0.2) is 4.39 Å². The second-order valence-corrected chi connectivity index (χ2v) is 5.49. The molecular formula is C21H14FN. The summed E-state index contributed by atoms with van der Waals surface area (Å²) in [5.41, 5.74) is 4.37. The highest BCUT2D eigenvalue weighted by Gasteiger charge is 2.05. The van der Waals surface area contributed by atoms with Crippen LogP contribution in [0, 0.1) is 5.82 Å². The van der Waals surface area contributed by atoms with E-state index in [2.05, 4.69) is 47.4 Å². The van der Waals surface area contributed by atoms with Crippen LogP contribution in [0.15, 0.2) is 85.2 Å². The maximum atomic E-state index is 13.1. The minimum absolute atomic E-state index is 0.214. The van der Waals surface area contributed by atoms with Crippen LogP contribution in [0.1, 0.15) is 0 Å². The van der Waals surface area contributed by atoms with Crippen LogP contribution < -0.4 is 0 Å². The Labute approximate surface area is 134 Å². The number of hydrogen-bond donors (Lipinski definition) is 0. The molecule has 2 heteroatoms. The third kappa shape index (κ3) is 2.59. The number of pyridine rings is 1. The Balaban J connectivity index is 1.86. The fraction of sp³-hybridized carbons (Fsp3) is 0. The molecule has 0 fully saturated rings. The van der Waals surface area contributed by atoms with E-state index < -0.39 is 0 Å². The molecule has 0 aliphatic rings. The van der Waals surface area contributed by atoms with Crippen molar-refractivity contribution >= 4 is 10.8 Å². The molecule has 0 N–H and O–H groups in total. The van der Waals surface area contributed by atoms with Crippen LogP contribution in [0.2, 0.25) is 0 Å². The van der Waals surface area contributed by atoms with Gasteiger partial charge < -0.3 is 0 Å². The molecule has 0 spiro atoms. The molecule has 1 nitrogen and oxygen atoms in total. The second kappa shape index (κ2) is 5.65. The lowest BCUT2D eigenvalue weighted by Gasteiger charge is -2.09. The Morgan fingerprint density at radius 2 is 1.52 bits per heavy atom. The first-order chi connectivity index (χ1) is 11.3. The van der Waals surface area contributed by atoms with Crippen molar-refractivity contribution in [1.29, 1.82) is 0 Å². The Kier molecular flexibility index (Phi) is 3.35. The lowest BCUT2D eigenvalue weighted by Crippen LogP contribution is -1.84. The maximum Gasteiger partial charge on any atom is 0.123 e. The minimum Gasteiger partial charge on any atom is -0.264 e. The van der Waals surface area contributed by atoms with Gasteiger partial charge in [0.1, 0.15) is 5.82 Å². The van der Waals surface area contributed by atoms with Gasteiger partial charge in [0.05, 0.1) is 0 Å². The molecule has 0 aliphatic heterocycles. The molecule has 0 bridgehead atoms. The summed E-state index contributed by atoms with van der Waals surface area (Å²) in [5, 5.41) is 2.35. The van der Waals surface area contributed by atoms with Crippen molar-refractivity contribution in [3.05, 3.63) is 91.0 Å². The second-order valence-electron chi connectivity index (χ2n) is 5.49. The highest BCUT2D eigenvalue weighted by Crippen LogP contribution is 2.31. The molecule has 1 aromatic heterocycles. The summed E-state index contributed by atoms with van der Waals surface area (Å²) in [5.74, 6) is -0.214. The predicted molar refractivity (Wildman–Crippen MR) is 92.6 cm³/mol. The van der Waals surface area contributed by atoms with E-state index in [0.29, 0.717) is 0 Å². The van der Waals surface area contributed by atoms with E-state index >= 15 is 0 Å². The van der Waals surface area contributed by atoms with Gasteiger partial charge in [0.25, 0.3) is 0 Å². The Bertz CT molecular complexity index is 960. The van der Waals surface area contributed by atoms with Gasteiger partial charge in [-0.1, -0.05) is 48.5 Å². The first-order valence-corrected chi connectivity index (χ1v) is 7.50. The zero-order valence-corrected chi connectivity index (χ0v) is 12.4. The monoisotopic (exact) mass is 299 g/mol. The third-order valence-corrected chi connectivity index (χ3v) is 4.03. The number of benzene rings is 3. The number of rotatable bonds is 2. The van der Waals surface area contributed by atoms with Crippen LogP contribution in [0.3, 0.4) is 0 Å². The SMILES string of the molecule is Fc1ccc(-c2ccc3c(-c4cccnc4)cccc3c2)cc1. The summed E-state index contributed by atoms with van der Waals surface area (Å²) in [6.45, 7) is 0. The van der Waals surface area contributed by atoms with Crippen molar-refractivity contribution in [1.82, 2.24) is 4.98 Å². The van der Waals surface area contributed by atoms with Gasteiger partial charge in [0.15, 0.2) is 0 Å². The number of nitrogens with zero attached hydrogens (tertiary/aromatic N) is 1. The minimum atomic E-state index is -0.214. The van der Waals surface area contributed by atoms with Gasteiger partial charge in [-0.05, 0) is 51.7 Å². The average Bonchev–Trinajstić information content (AvgIpc) is 2.62. The summed E-state index contributed by atoms with van der Waals surface area (Å²) < 4.78 is 13.1. The third-order valence-electron chi connectivity index (χ3n) is 4.03. The summed E-state index contributed by atoms with van der Waals surface area (Å²) in [4.78, 5) is 4.21. The van der Waals surface area contributed by atoms with E-state index in [0.717, 1.165) is 22.1 Å². The van der Waals surface area contributed by atoms with E-state index in [-0.39, 0.29) is 5.82 Å². The molecule has 0 aliphatic carbocycles. The summed E-state index contributed by atoms with van der Waals surface area (Å²) in [7, 11) is 0. The fourth-order valence-corrected chi connectivity index (χ4v) is 2.88. The smallest absolute Gasteiger partial charge is 0.123 e. The van der Waals surface area contributed by atoms with E-state index in [9.17, 15) is 4.39 Å². The van der Waals surface area contributed by atoms with Crippen LogP contribution in [-0.4, -0.2) is 4.98 Å². The van der Waals surface area contributed by atoms with Crippen LogP contribution >= 0.6 is 0 Å². The van der Waals surface area contributed by atoms with Crippen molar-refractivity contribution in [2.75, 3.05) is 0 Å². The van der Waals surface area contributed by atoms with E-state index in [1.807, 2.05) is 24.4 Å². The highest BCUT2D eigenvalue weighted by atomic mass is 19.1. The number of fused-ring (bicyclic) bond motifs is 1. The van der Waals surface area contributed by atoms with Crippen molar-refractivity contribution in [3.8, 4) is 22.3 Å². The van der Waals surface area contributed by atoms with Gasteiger partial charge in [0.2, 0.25) is 0 Å². The molecule has 110 valence electrons. The molecule has 0 saturated carbocycles. The molecular weight excluding hydrogens is 285 g/mol. The zero-order chi connectivity index (χ0) is 15.6. The van der Waals surface area contributed by atoms with Crippen molar-refractivity contribution in [2.45, 2.75) is 0 Å². The van der Waals surface area contributed by atoms with Gasteiger partial charge in [-0.2, -0.15) is 0 Å². The normalized spacial score (nSPS) is 10.8. The lowest BCUT2D eigenvalue weighted by atomic mass is 9.96. The molecule has 0 atom stereocenters. The van der Waals surface area contributed by atoms with Crippen LogP contribution in [0.4, 0.5) is 4.39 Å². The number of halogens is 1. The standard InChI is InChI=1S/C21H14FN/c22-19-9-6-15(7-10-19)16-8-11-21-17(13-16)3-1-5-20(21)18-4-2-12-23-14-18/h1-14H. The van der Waals surface area contributed by atoms with Crippen molar-refractivity contribution in [2.24, 2.45) is 0 Å². The fourth-order valence-electron chi connectivity index (χ4n) is 2.88. The molecule has 1 heterocycles. The molecule has 0 saturated heterocycles.